The summed E-state index contributed by atoms with van der Waals surface area (Å²) < 4.78 is 12.3. The molecular formula is C43H52N4O7. The molecule has 54 heavy (non-hydrogen) atoms. The van der Waals surface area contributed by atoms with Crippen LogP contribution in [0, 0.1) is 5.92 Å². The minimum absolute atomic E-state index is 0.0279. The maximum atomic E-state index is 14.0. The number of aromatic nitrogens is 1. The molecule has 8 rings (SSSR count). The van der Waals surface area contributed by atoms with E-state index in [1.54, 1.807) is 12.1 Å². The third-order valence-electron chi connectivity index (χ3n) is 11.7. The normalized spacial score (nSPS) is 21.1. The van der Waals surface area contributed by atoms with Gasteiger partial charge in [-0.25, -0.2) is 0 Å². The zero-order chi connectivity index (χ0) is 37.5. The van der Waals surface area contributed by atoms with Crippen LogP contribution in [0.3, 0.4) is 0 Å². The number of ether oxygens (including phenoxy) is 2. The highest BCUT2D eigenvalue weighted by Crippen LogP contribution is 2.39. The lowest BCUT2D eigenvalue weighted by Crippen LogP contribution is -2.55. The van der Waals surface area contributed by atoms with Crippen molar-refractivity contribution >= 4 is 22.8 Å². The van der Waals surface area contributed by atoms with Gasteiger partial charge >= 0.3 is 5.97 Å². The molecule has 1 aromatic heterocycles. The highest BCUT2D eigenvalue weighted by atomic mass is 16.5. The van der Waals surface area contributed by atoms with Crippen molar-refractivity contribution in [3.63, 3.8) is 0 Å². The van der Waals surface area contributed by atoms with Crippen molar-refractivity contribution in [3.05, 3.63) is 106 Å². The Bertz CT molecular complexity index is 1930. The predicted octanol–water partition coefficient (Wildman–Crippen LogP) is 4.85. The summed E-state index contributed by atoms with van der Waals surface area (Å²) in [5.74, 6) is 1.11. The lowest BCUT2D eigenvalue weighted by atomic mass is 9.72. The fourth-order valence-electron chi connectivity index (χ4n) is 8.41. The second-order valence-electron chi connectivity index (χ2n) is 15.1. The third kappa shape index (κ3) is 8.64. The van der Waals surface area contributed by atoms with E-state index in [1.807, 2.05) is 59.5 Å². The van der Waals surface area contributed by atoms with E-state index >= 15 is 0 Å². The zero-order valence-corrected chi connectivity index (χ0v) is 30.9. The number of carbonyl (C=O) groups excluding carboxylic acids is 2. The molecule has 0 spiro atoms. The number of aliphatic hydroxyl groups is 1. The highest BCUT2D eigenvalue weighted by Gasteiger charge is 2.47. The summed E-state index contributed by atoms with van der Waals surface area (Å²) in [6, 6.07) is 23.9. The first-order valence-corrected chi connectivity index (χ1v) is 19.5. The van der Waals surface area contributed by atoms with Crippen molar-refractivity contribution in [1.29, 1.82) is 0 Å². The predicted molar refractivity (Wildman–Crippen MR) is 207 cm³/mol. The number of rotatable bonds is 15. The Labute approximate surface area is 316 Å². The van der Waals surface area contributed by atoms with Gasteiger partial charge in [-0.1, -0.05) is 48.5 Å². The Morgan fingerprint density at radius 1 is 0.907 bits per heavy atom. The van der Waals surface area contributed by atoms with Crippen molar-refractivity contribution in [3.8, 4) is 11.5 Å². The van der Waals surface area contributed by atoms with Crippen molar-refractivity contribution in [2.24, 2.45) is 5.92 Å². The minimum Gasteiger partial charge on any atom is -0.506 e. The first kappa shape index (κ1) is 37.6. The Morgan fingerprint density at radius 3 is 2.39 bits per heavy atom. The number of hydrogen-bond acceptors (Lipinski definition) is 9. The van der Waals surface area contributed by atoms with Crippen LogP contribution in [-0.2, 0) is 26.2 Å². The molecule has 11 heteroatoms. The number of piperidine rings is 4. The van der Waals surface area contributed by atoms with Crippen molar-refractivity contribution < 1.29 is 29.3 Å². The van der Waals surface area contributed by atoms with Crippen LogP contribution < -0.4 is 15.6 Å². The summed E-state index contributed by atoms with van der Waals surface area (Å²) in [6.45, 7) is 5.72. The number of phenolic OH excluding ortho intramolecular Hbond substituents is 1. The van der Waals surface area contributed by atoms with Gasteiger partial charge in [0.25, 0.3) is 0 Å². The molecule has 0 saturated carbocycles. The summed E-state index contributed by atoms with van der Waals surface area (Å²) in [7, 11) is 0. The third-order valence-corrected chi connectivity index (χ3v) is 11.7. The molecule has 0 radical (unpaired) electrons. The molecule has 3 aromatic carbocycles. The summed E-state index contributed by atoms with van der Waals surface area (Å²) in [6.07, 6.45) is 5.51. The average Bonchev–Trinajstić information content (AvgIpc) is 3.20. The van der Waals surface area contributed by atoms with Crippen LogP contribution in [0.15, 0.2) is 83.7 Å². The van der Waals surface area contributed by atoms with E-state index in [1.165, 1.54) is 12.1 Å². The Kier molecular flexibility index (Phi) is 12.0. The van der Waals surface area contributed by atoms with Crippen molar-refractivity contribution in [2.75, 3.05) is 52.4 Å². The second-order valence-corrected chi connectivity index (χ2v) is 15.1. The number of aliphatic hydroxyl groups excluding tert-OH is 1. The highest BCUT2D eigenvalue weighted by molar-refractivity contribution is 5.87. The van der Waals surface area contributed by atoms with Gasteiger partial charge in [-0.15, -0.1) is 0 Å². The number of fused-ring (bicyclic) bond motifs is 4. The quantitative estimate of drug-likeness (QED) is 0.0996. The van der Waals surface area contributed by atoms with E-state index in [4.69, 9.17) is 9.47 Å². The lowest BCUT2D eigenvalue weighted by Gasteiger charge is -2.46. The number of amides is 1. The van der Waals surface area contributed by atoms with Gasteiger partial charge in [0.05, 0.1) is 30.1 Å². The van der Waals surface area contributed by atoms with Gasteiger partial charge in [-0.05, 0) is 111 Å². The van der Waals surface area contributed by atoms with Crippen LogP contribution >= 0.6 is 0 Å². The van der Waals surface area contributed by atoms with Gasteiger partial charge in [0.1, 0.15) is 17.6 Å². The van der Waals surface area contributed by atoms with Crippen LogP contribution in [-0.4, -0.2) is 95.4 Å². The molecule has 5 heterocycles. The van der Waals surface area contributed by atoms with E-state index in [0.717, 1.165) is 75.2 Å². The number of phenols is 1. The molecule has 4 aliphatic rings. The molecule has 2 bridgehead atoms. The Balaban J connectivity index is 0.812. The molecule has 4 aromatic rings. The number of likely N-dealkylation sites (tertiary alicyclic amines) is 1. The topological polar surface area (TPSA) is 144 Å². The largest absolute Gasteiger partial charge is 0.506 e. The Morgan fingerprint density at radius 2 is 1.67 bits per heavy atom. The van der Waals surface area contributed by atoms with Gasteiger partial charge in [-0.3, -0.25) is 19.3 Å². The van der Waals surface area contributed by atoms with Gasteiger partial charge in [-0.2, -0.15) is 0 Å². The summed E-state index contributed by atoms with van der Waals surface area (Å²) in [5.41, 5.74) is 1.83. The summed E-state index contributed by atoms with van der Waals surface area (Å²) >= 11 is 0. The SMILES string of the molecule is O=C(Cc1ccc(OCCCCCNCC(O)c2ccc(O)c3[nH]c(=O)ccc23)cc1)N1CCC(C(=O)OC2CN3CCC2CC3)(c2ccccc2)CC1. The zero-order valence-electron chi connectivity index (χ0n) is 30.9. The summed E-state index contributed by atoms with van der Waals surface area (Å²) in [4.78, 5) is 45.9. The number of nitrogens with zero attached hydrogens (tertiary/aromatic N) is 2. The van der Waals surface area contributed by atoms with Crippen LogP contribution in [0.5, 0.6) is 11.5 Å². The van der Waals surface area contributed by atoms with Crippen molar-refractivity contribution in [2.45, 2.75) is 69.0 Å². The molecule has 11 nitrogen and oxygen atoms in total. The molecule has 4 aliphatic heterocycles. The molecular weight excluding hydrogens is 684 g/mol. The van der Waals surface area contributed by atoms with Gasteiger partial charge in [0, 0.05) is 37.6 Å². The van der Waals surface area contributed by atoms with Gasteiger partial charge in [0.15, 0.2) is 0 Å². The number of aromatic amines is 1. The molecule has 4 saturated heterocycles. The fraction of sp³-hybridized carbons (Fsp3) is 0.465. The number of pyridine rings is 1. The van der Waals surface area contributed by atoms with E-state index in [-0.39, 0.29) is 29.3 Å². The standard InChI is InChI=1S/C43H52N4O7/c48-36-15-13-34(35-14-16-39(50)45-41(35)36)37(49)28-44-21-5-2-6-26-53-33-11-9-30(10-12-33)27-40(51)47-24-19-43(20-25-47,32-7-3-1-4-8-32)42(52)54-38-29-46-22-17-31(38)18-23-46/h1,3-4,7-16,31,37-38,44,48-49H,2,5-6,17-29H2,(H,45,50). The molecule has 4 N–H and O–H groups in total. The maximum Gasteiger partial charge on any atom is 0.317 e. The minimum atomic E-state index is -0.783. The molecule has 2 unspecified atom stereocenters. The van der Waals surface area contributed by atoms with Gasteiger partial charge in [0.2, 0.25) is 11.5 Å². The number of benzene rings is 3. The first-order chi connectivity index (χ1) is 26.3. The van der Waals surface area contributed by atoms with E-state index in [2.05, 4.69) is 15.2 Å². The van der Waals surface area contributed by atoms with Gasteiger partial charge < -0.3 is 34.9 Å². The monoisotopic (exact) mass is 736 g/mol. The fourth-order valence-corrected chi connectivity index (χ4v) is 8.41. The molecule has 0 aliphatic carbocycles. The van der Waals surface area contributed by atoms with E-state index < -0.39 is 11.5 Å². The molecule has 286 valence electrons. The first-order valence-electron chi connectivity index (χ1n) is 19.5. The number of carbonyl (C=O) groups is 2. The molecule has 1 amide bonds. The lowest BCUT2D eigenvalue weighted by molar-refractivity contribution is -0.168. The molecule has 4 fully saturated rings. The number of H-pyrrole nitrogens is 1. The number of esters is 1. The van der Waals surface area contributed by atoms with Crippen molar-refractivity contribution in [1.82, 2.24) is 20.1 Å². The number of aromatic hydroxyl groups is 1. The van der Waals surface area contributed by atoms with E-state index in [9.17, 15) is 24.6 Å². The smallest absolute Gasteiger partial charge is 0.317 e. The number of nitrogens with one attached hydrogen (secondary N) is 2. The van der Waals surface area contributed by atoms with E-state index in [0.29, 0.717) is 67.9 Å². The maximum absolute atomic E-state index is 14.0. The second kappa shape index (κ2) is 17.2. The Hall–Kier alpha value is -4.71. The molecule has 2 atom stereocenters. The van der Waals surface area contributed by atoms with Crippen LogP contribution in [0.2, 0.25) is 0 Å². The number of unbranched alkanes of at least 4 members (excludes halogenated alkanes) is 2. The van der Waals surface area contributed by atoms with Crippen LogP contribution in [0.25, 0.3) is 10.9 Å². The average molecular weight is 737 g/mol. The number of hydrogen-bond donors (Lipinski definition) is 4. The van der Waals surface area contributed by atoms with Crippen LogP contribution in [0.1, 0.15) is 67.7 Å². The van der Waals surface area contributed by atoms with Crippen LogP contribution in [0.4, 0.5) is 0 Å². The summed E-state index contributed by atoms with van der Waals surface area (Å²) in [5, 5.41) is 24.7.